The second-order valence-corrected chi connectivity index (χ2v) is 4.88. The highest BCUT2D eigenvalue weighted by atomic mass is 32.2. The zero-order valence-electron chi connectivity index (χ0n) is 7.45. The Morgan fingerprint density at radius 3 is 2.29 bits per heavy atom. The van der Waals surface area contributed by atoms with Crippen molar-refractivity contribution in [2.45, 2.75) is 37.0 Å². The fourth-order valence-electron chi connectivity index (χ4n) is 1.34. The van der Waals surface area contributed by atoms with Crippen molar-refractivity contribution >= 4 is 10.1 Å². The van der Waals surface area contributed by atoms with Crippen molar-refractivity contribution in [2.24, 2.45) is 0 Å². The molecule has 0 heterocycles. The molecule has 0 aromatic rings. The van der Waals surface area contributed by atoms with Gasteiger partial charge in [-0.3, -0.25) is 4.55 Å². The van der Waals surface area contributed by atoms with Gasteiger partial charge in [-0.1, -0.05) is 12.8 Å². The summed E-state index contributed by atoms with van der Waals surface area (Å²) in [6.07, 6.45) is 2.84. The highest BCUT2D eigenvalue weighted by Crippen LogP contribution is 2.26. The SMILES string of the molecule is O=S(=O)(O)C(F)(F)COC1CCCC1. The van der Waals surface area contributed by atoms with Crippen LogP contribution < -0.4 is 0 Å². The van der Waals surface area contributed by atoms with Crippen molar-refractivity contribution < 1.29 is 26.5 Å². The van der Waals surface area contributed by atoms with Crippen LogP contribution in [-0.4, -0.2) is 30.9 Å². The van der Waals surface area contributed by atoms with Crippen LogP contribution in [0.1, 0.15) is 25.7 Å². The zero-order chi connectivity index (χ0) is 10.8. The number of hydrogen-bond donors (Lipinski definition) is 1. The van der Waals surface area contributed by atoms with Crippen molar-refractivity contribution in [3.05, 3.63) is 0 Å². The predicted octanol–water partition coefficient (Wildman–Crippen LogP) is 1.43. The van der Waals surface area contributed by atoms with Crippen molar-refractivity contribution in [2.75, 3.05) is 6.61 Å². The molecule has 0 amide bonds. The van der Waals surface area contributed by atoms with E-state index in [1.807, 2.05) is 0 Å². The average molecular weight is 230 g/mol. The number of ether oxygens (including phenoxy) is 1. The molecule has 0 aromatic heterocycles. The van der Waals surface area contributed by atoms with Crippen LogP contribution in [0.2, 0.25) is 0 Å². The lowest BCUT2D eigenvalue weighted by atomic mass is 10.3. The monoisotopic (exact) mass is 230 g/mol. The van der Waals surface area contributed by atoms with Crippen molar-refractivity contribution in [3.63, 3.8) is 0 Å². The van der Waals surface area contributed by atoms with E-state index in [1.54, 1.807) is 0 Å². The fourth-order valence-corrected chi connectivity index (χ4v) is 1.56. The van der Waals surface area contributed by atoms with E-state index in [9.17, 15) is 17.2 Å². The highest BCUT2D eigenvalue weighted by molar-refractivity contribution is 7.86. The molecule has 1 fully saturated rings. The van der Waals surface area contributed by atoms with Crippen molar-refractivity contribution in [1.82, 2.24) is 0 Å². The Morgan fingerprint density at radius 2 is 1.86 bits per heavy atom. The van der Waals surface area contributed by atoms with Crippen LogP contribution in [0.15, 0.2) is 0 Å². The maximum Gasteiger partial charge on any atom is 0.392 e. The molecule has 4 nitrogen and oxygen atoms in total. The molecule has 0 atom stereocenters. The summed E-state index contributed by atoms with van der Waals surface area (Å²) in [6, 6.07) is 0. The van der Waals surface area contributed by atoms with Gasteiger partial charge in [0.25, 0.3) is 0 Å². The lowest BCUT2D eigenvalue weighted by molar-refractivity contribution is -0.0500. The Bertz CT molecular complexity index is 282. The lowest BCUT2D eigenvalue weighted by Gasteiger charge is -2.16. The lowest BCUT2D eigenvalue weighted by Crippen LogP contribution is -2.35. The van der Waals surface area contributed by atoms with Crippen LogP contribution in [0.3, 0.4) is 0 Å². The van der Waals surface area contributed by atoms with E-state index in [-0.39, 0.29) is 6.10 Å². The largest absolute Gasteiger partial charge is 0.392 e. The van der Waals surface area contributed by atoms with Crippen LogP contribution in [0.4, 0.5) is 8.78 Å². The summed E-state index contributed by atoms with van der Waals surface area (Å²) in [7, 11) is -5.35. The van der Waals surface area contributed by atoms with Gasteiger partial charge in [0.15, 0.2) is 0 Å². The maximum absolute atomic E-state index is 12.6. The molecule has 1 N–H and O–H groups in total. The van der Waals surface area contributed by atoms with Crippen LogP contribution in [-0.2, 0) is 14.9 Å². The third-order valence-corrected chi connectivity index (χ3v) is 3.04. The minimum atomic E-state index is -5.35. The van der Waals surface area contributed by atoms with Gasteiger partial charge in [0, 0.05) is 0 Å². The molecule has 7 heteroatoms. The smallest absolute Gasteiger partial charge is 0.371 e. The quantitative estimate of drug-likeness (QED) is 0.742. The Labute approximate surface area is 81.0 Å². The third kappa shape index (κ3) is 2.86. The number of halogens is 2. The molecule has 1 rings (SSSR count). The first-order valence-electron chi connectivity index (χ1n) is 4.29. The predicted molar refractivity (Wildman–Crippen MR) is 44.7 cm³/mol. The molecule has 1 aliphatic rings. The number of hydrogen-bond acceptors (Lipinski definition) is 3. The van der Waals surface area contributed by atoms with Gasteiger partial charge in [0.1, 0.15) is 6.61 Å². The van der Waals surface area contributed by atoms with Crippen LogP contribution >= 0.6 is 0 Å². The standard InChI is InChI=1S/C7H12F2O4S/c8-7(9,14(10,11)12)5-13-6-3-1-2-4-6/h6H,1-5H2,(H,10,11,12). The van der Waals surface area contributed by atoms with Gasteiger partial charge in [-0.05, 0) is 12.8 Å². The zero-order valence-corrected chi connectivity index (χ0v) is 8.27. The van der Waals surface area contributed by atoms with Crippen LogP contribution in [0.5, 0.6) is 0 Å². The Balaban J connectivity index is 2.43. The van der Waals surface area contributed by atoms with Gasteiger partial charge in [0.2, 0.25) is 0 Å². The topological polar surface area (TPSA) is 63.6 Å². The van der Waals surface area contributed by atoms with Crippen molar-refractivity contribution in [3.8, 4) is 0 Å². The first-order valence-corrected chi connectivity index (χ1v) is 5.73. The molecule has 1 saturated carbocycles. The summed E-state index contributed by atoms with van der Waals surface area (Å²) in [4.78, 5) is 0. The molecule has 84 valence electrons. The van der Waals surface area contributed by atoms with Crippen LogP contribution in [0, 0.1) is 0 Å². The molecule has 1 aliphatic carbocycles. The first kappa shape index (κ1) is 11.8. The van der Waals surface area contributed by atoms with E-state index in [0.717, 1.165) is 12.8 Å². The minimum absolute atomic E-state index is 0.303. The Hall–Kier alpha value is -0.270. The number of rotatable bonds is 4. The molecular weight excluding hydrogens is 218 g/mol. The van der Waals surface area contributed by atoms with Gasteiger partial charge in [-0.2, -0.15) is 17.2 Å². The highest BCUT2D eigenvalue weighted by Gasteiger charge is 2.45. The fraction of sp³-hybridized carbons (Fsp3) is 1.00. The Morgan fingerprint density at radius 1 is 1.36 bits per heavy atom. The molecule has 0 aliphatic heterocycles. The molecule has 0 bridgehead atoms. The third-order valence-electron chi connectivity index (χ3n) is 2.17. The summed E-state index contributed by atoms with van der Waals surface area (Å²) < 4.78 is 58.5. The van der Waals surface area contributed by atoms with E-state index in [4.69, 9.17) is 9.29 Å². The molecule has 0 spiro atoms. The average Bonchev–Trinajstić information content (AvgIpc) is 2.50. The van der Waals surface area contributed by atoms with Crippen molar-refractivity contribution in [1.29, 1.82) is 0 Å². The molecule has 14 heavy (non-hydrogen) atoms. The summed E-state index contributed by atoms with van der Waals surface area (Å²) in [5, 5.41) is -4.20. The van der Waals surface area contributed by atoms with Crippen LogP contribution in [0.25, 0.3) is 0 Å². The van der Waals surface area contributed by atoms with E-state index in [0.29, 0.717) is 12.8 Å². The van der Waals surface area contributed by atoms with Gasteiger partial charge >= 0.3 is 15.4 Å². The molecule has 0 unspecified atom stereocenters. The van der Waals surface area contributed by atoms with E-state index >= 15 is 0 Å². The number of alkyl halides is 2. The van der Waals surface area contributed by atoms with Gasteiger partial charge < -0.3 is 4.74 Å². The van der Waals surface area contributed by atoms with Gasteiger partial charge in [-0.25, -0.2) is 0 Å². The summed E-state index contributed by atoms with van der Waals surface area (Å²) in [5.74, 6) is 0. The van der Waals surface area contributed by atoms with Gasteiger partial charge in [0.05, 0.1) is 6.10 Å². The minimum Gasteiger partial charge on any atom is -0.371 e. The second-order valence-electron chi connectivity index (χ2n) is 3.33. The maximum atomic E-state index is 12.6. The normalized spacial score (nSPS) is 20.2. The molecule has 0 saturated heterocycles. The molecule has 0 radical (unpaired) electrons. The van der Waals surface area contributed by atoms with E-state index < -0.39 is 22.0 Å². The summed E-state index contributed by atoms with van der Waals surface area (Å²) in [6.45, 7) is -1.27. The Kier molecular flexibility index (Phi) is 3.44. The second kappa shape index (κ2) is 4.08. The first-order chi connectivity index (χ1) is 6.33. The van der Waals surface area contributed by atoms with E-state index in [2.05, 4.69) is 0 Å². The summed E-state index contributed by atoms with van der Waals surface area (Å²) in [5.41, 5.74) is 0. The molecule has 0 aromatic carbocycles. The van der Waals surface area contributed by atoms with Gasteiger partial charge in [-0.15, -0.1) is 0 Å². The summed E-state index contributed by atoms with van der Waals surface area (Å²) >= 11 is 0. The molecular formula is C7H12F2O4S. The van der Waals surface area contributed by atoms with E-state index in [1.165, 1.54) is 0 Å².